The van der Waals surface area contributed by atoms with Gasteiger partial charge in [-0.3, -0.25) is 4.99 Å². The number of hydrogen-bond acceptors (Lipinski definition) is 2. The summed E-state index contributed by atoms with van der Waals surface area (Å²) in [6.45, 7) is 8.57. The lowest BCUT2D eigenvalue weighted by Gasteiger charge is -2.08. The average Bonchev–Trinajstić information content (AvgIpc) is 2.33. The molecule has 3 heteroatoms. The van der Waals surface area contributed by atoms with E-state index in [0.717, 1.165) is 5.92 Å². The quantitative estimate of drug-likeness (QED) is 0.716. The molecule has 3 nitrogen and oxygen atoms in total. The van der Waals surface area contributed by atoms with E-state index in [1.165, 1.54) is 38.8 Å². The molecule has 0 unspecified atom stereocenters. The Morgan fingerprint density at radius 2 is 1.82 bits per heavy atom. The number of allylic oxidation sites excluding steroid dienone is 1. The third kappa shape index (κ3) is 11.1. The van der Waals surface area contributed by atoms with Crippen molar-refractivity contribution in [3.05, 3.63) is 12.2 Å². The highest BCUT2D eigenvalue weighted by Crippen LogP contribution is 2.13. The van der Waals surface area contributed by atoms with Crippen molar-refractivity contribution in [2.75, 3.05) is 7.05 Å². The molecule has 0 radical (unpaired) electrons. The van der Waals surface area contributed by atoms with Crippen molar-refractivity contribution in [3.8, 4) is 0 Å². The van der Waals surface area contributed by atoms with E-state index in [2.05, 4.69) is 25.8 Å². The molecule has 0 fully saturated rings. The molecule has 0 spiro atoms. The molecule has 0 aliphatic rings. The van der Waals surface area contributed by atoms with Crippen LogP contribution in [-0.4, -0.2) is 23.8 Å². The molecule has 0 aliphatic carbocycles. The van der Waals surface area contributed by atoms with E-state index in [0.29, 0.717) is 0 Å². The van der Waals surface area contributed by atoms with Crippen LogP contribution in [0.4, 0.5) is 0 Å². The number of hydrogen-bond donors (Lipinski definition) is 1. The molecule has 0 bridgehead atoms. The van der Waals surface area contributed by atoms with Crippen LogP contribution in [0.15, 0.2) is 17.1 Å². The standard InChI is InChI=1S/C8H18.C6H9NO2/c1-4-7-8(5-2)6-3;1-3-4-5(7-2)6(8)9/h8H,4-7H2,1-3H3;3-4H,1-2H3,(H,8,9)/b;4-3-,7-5?. The second kappa shape index (κ2) is 12.9. The molecule has 0 aromatic rings. The fourth-order valence-corrected chi connectivity index (χ4v) is 1.50. The van der Waals surface area contributed by atoms with Gasteiger partial charge in [0.2, 0.25) is 0 Å². The van der Waals surface area contributed by atoms with Crippen LogP contribution in [0.1, 0.15) is 53.4 Å². The molecule has 1 N–H and O–H groups in total. The Morgan fingerprint density at radius 3 is 1.94 bits per heavy atom. The van der Waals surface area contributed by atoms with Crippen molar-refractivity contribution in [1.82, 2.24) is 0 Å². The minimum atomic E-state index is -0.990. The first kappa shape index (κ1) is 18.3. The van der Waals surface area contributed by atoms with Crippen LogP contribution in [0.25, 0.3) is 0 Å². The lowest BCUT2D eigenvalue weighted by molar-refractivity contribution is -0.129. The second-order valence-electron chi connectivity index (χ2n) is 3.89. The Balaban J connectivity index is 0. The van der Waals surface area contributed by atoms with E-state index in [1.54, 1.807) is 13.0 Å². The summed E-state index contributed by atoms with van der Waals surface area (Å²) in [5.74, 6) is 0.00981. The van der Waals surface area contributed by atoms with Crippen molar-refractivity contribution in [2.24, 2.45) is 10.9 Å². The number of carboxylic acid groups (broad SMARTS) is 1. The minimum Gasteiger partial charge on any atom is -0.477 e. The van der Waals surface area contributed by atoms with Crippen LogP contribution in [0.3, 0.4) is 0 Å². The van der Waals surface area contributed by atoms with E-state index >= 15 is 0 Å². The Labute approximate surface area is 106 Å². The number of aliphatic imine (C=N–C) groups is 1. The van der Waals surface area contributed by atoms with E-state index in [1.807, 2.05) is 0 Å². The Morgan fingerprint density at radius 1 is 1.29 bits per heavy atom. The van der Waals surface area contributed by atoms with Crippen molar-refractivity contribution in [2.45, 2.75) is 53.4 Å². The average molecular weight is 241 g/mol. The lowest BCUT2D eigenvalue weighted by atomic mass is 9.98. The molecule has 0 saturated carbocycles. The summed E-state index contributed by atoms with van der Waals surface area (Å²) >= 11 is 0. The van der Waals surface area contributed by atoms with E-state index in [-0.39, 0.29) is 5.71 Å². The molecule has 0 aliphatic heterocycles. The number of aliphatic carboxylic acids is 1. The molecule has 0 amide bonds. The molecule has 0 aromatic heterocycles. The van der Waals surface area contributed by atoms with E-state index in [9.17, 15) is 4.79 Å². The van der Waals surface area contributed by atoms with Crippen molar-refractivity contribution in [1.29, 1.82) is 0 Å². The first-order valence-electron chi connectivity index (χ1n) is 6.39. The van der Waals surface area contributed by atoms with Gasteiger partial charge in [-0.05, 0) is 18.9 Å². The fraction of sp³-hybridized carbons (Fsp3) is 0.714. The van der Waals surface area contributed by atoms with Gasteiger partial charge in [0.05, 0.1) is 0 Å². The SMILES string of the molecule is C/C=C\C(=NC)C(=O)O.CCCC(CC)CC. The Bertz CT molecular complexity index is 241. The summed E-state index contributed by atoms with van der Waals surface area (Å²) < 4.78 is 0. The summed E-state index contributed by atoms with van der Waals surface area (Å²) in [6, 6.07) is 0. The van der Waals surface area contributed by atoms with Gasteiger partial charge < -0.3 is 5.11 Å². The Kier molecular flexibility index (Phi) is 13.9. The number of rotatable bonds is 6. The zero-order valence-corrected chi connectivity index (χ0v) is 11.9. The van der Waals surface area contributed by atoms with Gasteiger partial charge in [-0.25, -0.2) is 4.79 Å². The van der Waals surface area contributed by atoms with Gasteiger partial charge in [0.25, 0.3) is 0 Å². The van der Waals surface area contributed by atoms with Crippen molar-refractivity contribution < 1.29 is 9.90 Å². The predicted octanol–water partition coefficient (Wildman–Crippen LogP) is 3.94. The predicted molar refractivity (Wildman–Crippen MR) is 74.8 cm³/mol. The van der Waals surface area contributed by atoms with Crippen LogP contribution in [-0.2, 0) is 4.79 Å². The molecular weight excluding hydrogens is 214 g/mol. The van der Waals surface area contributed by atoms with Crippen LogP contribution in [0.2, 0.25) is 0 Å². The highest BCUT2D eigenvalue weighted by molar-refractivity contribution is 6.40. The summed E-state index contributed by atoms with van der Waals surface area (Å²) in [5.41, 5.74) is 0.0810. The molecule has 0 saturated heterocycles. The van der Waals surface area contributed by atoms with E-state index in [4.69, 9.17) is 5.11 Å². The molecule has 0 rings (SSSR count). The topological polar surface area (TPSA) is 49.7 Å². The van der Waals surface area contributed by atoms with Gasteiger partial charge in [-0.15, -0.1) is 0 Å². The summed E-state index contributed by atoms with van der Waals surface area (Å²) in [7, 11) is 1.45. The number of nitrogens with zero attached hydrogens (tertiary/aromatic N) is 1. The first-order chi connectivity index (χ1) is 8.06. The maximum Gasteiger partial charge on any atom is 0.354 e. The number of carbonyl (C=O) groups is 1. The molecule has 0 atom stereocenters. The van der Waals surface area contributed by atoms with Crippen LogP contribution in [0, 0.1) is 5.92 Å². The van der Waals surface area contributed by atoms with Gasteiger partial charge >= 0.3 is 5.97 Å². The van der Waals surface area contributed by atoms with Crippen LogP contribution in [0.5, 0.6) is 0 Å². The zero-order valence-electron chi connectivity index (χ0n) is 11.9. The molecular formula is C14H27NO2. The molecule has 17 heavy (non-hydrogen) atoms. The highest BCUT2D eigenvalue weighted by Gasteiger charge is 2.00. The highest BCUT2D eigenvalue weighted by atomic mass is 16.4. The van der Waals surface area contributed by atoms with Gasteiger partial charge in [0.15, 0.2) is 0 Å². The van der Waals surface area contributed by atoms with Gasteiger partial charge in [-0.2, -0.15) is 0 Å². The van der Waals surface area contributed by atoms with Crippen molar-refractivity contribution in [3.63, 3.8) is 0 Å². The van der Waals surface area contributed by atoms with Crippen LogP contribution < -0.4 is 0 Å². The smallest absolute Gasteiger partial charge is 0.354 e. The molecule has 0 aromatic carbocycles. The van der Waals surface area contributed by atoms with Crippen molar-refractivity contribution >= 4 is 11.7 Å². The second-order valence-corrected chi connectivity index (χ2v) is 3.89. The van der Waals surface area contributed by atoms with Gasteiger partial charge in [0.1, 0.15) is 5.71 Å². The summed E-state index contributed by atoms with van der Waals surface area (Å²) in [6.07, 6.45) is 8.59. The zero-order chi connectivity index (χ0) is 13.7. The molecule has 100 valence electrons. The number of carboxylic acids is 1. The lowest BCUT2D eigenvalue weighted by Crippen LogP contribution is -2.08. The van der Waals surface area contributed by atoms with Crippen LogP contribution >= 0.6 is 0 Å². The first-order valence-corrected chi connectivity index (χ1v) is 6.39. The third-order valence-electron chi connectivity index (χ3n) is 2.64. The normalized spacial score (nSPS) is 11.5. The summed E-state index contributed by atoms with van der Waals surface area (Å²) in [4.78, 5) is 13.6. The van der Waals surface area contributed by atoms with E-state index < -0.39 is 5.97 Å². The van der Waals surface area contributed by atoms with Gasteiger partial charge in [0, 0.05) is 7.05 Å². The molecule has 0 heterocycles. The maximum absolute atomic E-state index is 10.1. The fourth-order valence-electron chi connectivity index (χ4n) is 1.50. The third-order valence-corrected chi connectivity index (χ3v) is 2.64. The maximum atomic E-state index is 10.1. The largest absolute Gasteiger partial charge is 0.477 e. The van der Waals surface area contributed by atoms with Gasteiger partial charge in [-0.1, -0.05) is 52.5 Å². The monoisotopic (exact) mass is 241 g/mol. The summed E-state index contributed by atoms with van der Waals surface area (Å²) in [5, 5.41) is 8.32. The Hall–Kier alpha value is -1.12. The minimum absolute atomic E-state index is 0.0810.